The quantitative estimate of drug-likeness (QED) is 0.665. The second-order valence-corrected chi connectivity index (χ2v) is 6.61. The first-order valence-corrected chi connectivity index (χ1v) is 8.98. The molecule has 3 rings (SSSR count). The van der Waals surface area contributed by atoms with E-state index in [2.05, 4.69) is 20.3 Å². The van der Waals surface area contributed by atoms with Gasteiger partial charge < -0.3 is 20.9 Å². The van der Waals surface area contributed by atoms with Crippen molar-refractivity contribution in [1.29, 1.82) is 0 Å². The fourth-order valence-electron chi connectivity index (χ4n) is 3.19. The fraction of sp³-hybridized carbons (Fsp3) is 0.368. The third-order valence-corrected chi connectivity index (χ3v) is 4.64. The molecule has 0 spiro atoms. The Kier molecular flexibility index (Phi) is 5.97. The lowest BCUT2D eigenvalue weighted by Crippen LogP contribution is -2.30. The number of hydrogen-bond acceptors (Lipinski definition) is 6. The Balaban J connectivity index is 1.83. The van der Waals surface area contributed by atoms with Gasteiger partial charge in [-0.15, -0.1) is 0 Å². The highest BCUT2D eigenvalue weighted by Gasteiger charge is 2.22. The molecule has 0 unspecified atom stereocenters. The van der Waals surface area contributed by atoms with Gasteiger partial charge in [0.1, 0.15) is 5.82 Å². The van der Waals surface area contributed by atoms with Gasteiger partial charge in [-0.05, 0) is 38.1 Å². The van der Waals surface area contributed by atoms with Crippen LogP contribution in [0, 0.1) is 0 Å². The molecule has 3 heterocycles. The number of nitrogens with one attached hydrogen (secondary N) is 2. The maximum absolute atomic E-state index is 12.9. The van der Waals surface area contributed by atoms with Crippen LogP contribution in [-0.4, -0.2) is 45.9 Å². The molecular weight excluding hydrogens is 344 g/mol. The van der Waals surface area contributed by atoms with E-state index in [1.54, 1.807) is 13.2 Å². The lowest BCUT2D eigenvalue weighted by Gasteiger charge is -2.23. The van der Waals surface area contributed by atoms with Gasteiger partial charge in [-0.1, -0.05) is 6.07 Å². The van der Waals surface area contributed by atoms with E-state index in [1.807, 2.05) is 18.2 Å². The first-order valence-electron chi connectivity index (χ1n) is 8.98. The zero-order valence-corrected chi connectivity index (χ0v) is 15.3. The first-order chi connectivity index (χ1) is 13.1. The highest BCUT2D eigenvalue weighted by Crippen LogP contribution is 2.23. The number of aromatic amines is 1. The summed E-state index contributed by atoms with van der Waals surface area (Å²) >= 11 is 0. The number of nitrogens with zero attached hydrogens (tertiary/aromatic N) is 3. The monoisotopic (exact) mass is 368 g/mol. The Morgan fingerprint density at radius 3 is 2.81 bits per heavy atom. The third-order valence-electron chi connectivity index (χ3n) is 4.64. The van der Waals surface area contributed by atoms with Crippen molar-refractivity contribution in [3.05, 3.63) is 64.2 Å². The Morgan fingerprint density at radius 2 is 2.15 bits per heavy atom. The highest BCUT2D eigenvalue weighted by atomic mass is 16.2. The van der Waals surface area contributed by atoms with E-state index in [1.165, 1.54) is 17.2 Å². The molecule has 1 amide bonds. The lowest BCUT2D eigenvalue weighted by molar-refractivity contribution is -0.124. The van der Waals surface area contributed by atoms with E-state index in [9.17, 15) is 9.59 Å². The molecule has 1 fully saturated rings. The van der Waals surface area contributed by atoms with Crippen LogP contribution in [0.2, 0.25) is 0 Å². The summed E-state index contributed by atoms with van der Waals surface area (Å²) in [6, 6.07) is 7.03. The van der Waals surface area contributed by atoms with Crippen molar-refractivity contribution in [2.75, 3.05) is 20.1 Å². The molecule has 8 nitrogen and oxygen atoms in total. The second kappa shape index (κ2) is 8.59. The topological polar surface area (TPSA) is 117 Å². The van der Waals surface area contributed by atoms with Gasteiger partial charge in [0.15, 0.2) is 0 Å². The largest absolute Gasteiger partial charge is 0.404 e. The summed E-state index contributed by atoms with van der Waals surface area (Å²) in [5, 5.41) is 3.29. The number of carbonyl (C=O) groups excluding carboxylic acids is 1. The van der Waals surface area contributed by atoms with Gasteiger partial charge in [-0.25, -0.2) is 4.98 Å². The molecule has 0 atom stereocenters. The molecule has 1 aliphatic heterocycles. The molecule has 2 aromatic rings. The van der Waals surface area contributed by atoms with Crippen LogP contribution in [0.15, 0.2) is 41.5 Å². The molecule has 0 bridgehead atoms. The Bertz CT molecular complexity index is 871. The third kappa shape index (κ3) is 4.59. The SMILES string of the molecule is CN(Cc1ccccn1)C(=O)C(=CN)c1nc(C2CCNCC2)cc(=O)[nH]1. The molecule has 2 aromatic heterocycles. The van der Waals surface area contributed by atoms with Gasteiger partial charge >= 0.3 is 0 Å². The van der Waals surface area contributed by atoms with Crippen LogP contribution in [0.25, 0.3) is 5.57 Å². The number of piperidine rings is 1. The van der Waals surface area contributed by atoms with E-state index in [4.69, 9.17) is 5.73 Å². The Labute approximate surface area is 157 Å². The van der Waals surface area contributed by atoms with Crippen molar-refractivity contribution < 1.29 is 4.79 Å². The van der Waals surface area contributed by atoms with Crippen molar-refractivity contribution in [3.63, 3.8) is 0 Å². The van der Waals surface area contributed by atoms with Gasteiger partial charge in [0.05, 0.1) is 23.5 Å². The van der Waals surface area contributed by atoms with Crippen LogP contribution in [0.1, 0.15) is 36.0 Å². The standard InChI is InChI=1S/C19H24N6O2/c1-25(12-14-4-2-3-7-22-14)19(27)15(11-20)18-23-16(10-17(26)24-18)13-5-8-21-9-6-13/h2-4,7,10-11,13,21H,5-6,8-9,12,20H2,1H3,(H,23,24,26). The summed E-state index contributed by atoms with van der Waals surface area (Å²) in [5.74, 6) is 0.0813. The number of rotatable bonds is 5. The van der Waals surface area contributed by atoms with Crippen LogP contribution >= 0.6 is 0 Å². The van der Waals surface area contributed by atoms with E-state index < -0.39 is 0 Å². The molecule has 1 aliphatic rings. The average molecular weight is 368 g/mol. The van der Waals surface area contributed by atoms with Crippen molar-refractivity contribution in [1.82, 2.24) is 25.2 Å². The van der Waals surface area contributed by atoms with Crippen LogP contribution in [0.3, 0.4) is 0 Å². The summed E-state index contributed by atoms with van der Waals surface area (Å²) in [4.78, 5) is 37.9. The molecule has 0 saturated carbocycles. The molecule has 1 saturated heterocycles. The summed E-state index contributed by atoms with van der Waals surface area (Å²) < 4.78 is 0. The lowest BCUT2D eigenvalue weighted by atomic mass is 9.94. The molecule has 4 N–H and O–H groups in total. The molecule has 0 aliphatic carbocycles. The number of amides is 1. The highest BCUT2D eigenvalue weighted by molar-refractivity contribution is 6.18. The minimum Gasteiger partial charge on any atom is -0.404 e. The van der Waals surface area contributed by atoms with E-state index in [0.29, 0.717) is 12.2 Å². The number of carbonyl (C=O) groups is 1. The van der Waals surface area contributed by atoms with Gasteiger partial charge in [0.25, 0.3) is 11.5 Å². The predicted octanol–water partition coefficient (Wildman–Crippen LogP) is 0.590. The number of pyridine rings is 1. The zero-order valence-electron chi connectivity index (χ0n) is 15.3. The van der Waals surface area contributed by atoms with Crippen molar-refractivity contribution >= 4 is 11.5 Å². The number of nitrogens with two attached hydrogens (primary N) is 1. The average Bonchev–Trinajstić information content (AvgIpc) is 2.69. The minimum absolute atomic E-state index is 0.168. The predicted molar refractivity (Wildman–Crippen MR) is 103 cm³/mol. The van der Waals surface area contributed by atoms with Gasteiger partial charge in [0, 0.05) is 31.4 Å². The van der Waals surface area contributed by atoms with Crippen molar-refractivity contribution in [2.45, 2.75) is 25.3 Å². The Morgan fingerprint density at radius 1 is 1.37 bits per heavy atom. The summed E-state index contributed by atoms with van der Waals surface area (Å²) in [7, 11) is 1.66. The minimum atomic E-state index is -0.325. The van der Waals surface area contributed by atoms with Crippen LogP contribution < -0.4 is 16.6 Å². The summed E-state index contributed by atoms with van der Waals surface area (Å²) in [5.41, 5.74) is 7.06. The zero-order chi connectivity index (χ0) is 19.2. The van der Waals surface area contributed by atoms with E-state index in [-0.39, 0.29) is 28.8 Å². The normalized spacial score (nSPS) is 15.5. The molecule has 0 aromatic carbocycles. The molecular formula is C19H24N6O2. The van der Waals surface area contributed by atoms with Crippen LogP contribution in [0.4, 0.5) is 0 Å². The van der Waals surface area contributed by atoms with Gasteiger partial charge in [0.2, 0.25) is 0 Å². The molecule has 27 heavy (non-hydrogen) atoms. The van der Waals surface area contributed by atoms with Crippen molar-refractivity contribution in [3.8, 4) is 0 Å². The first kappa shape index (κ1) is 18.8. The number of likely N-dealkylation sites (N-methyl/N-ethyl adjacent to an activating group) is 1. The number of hydrogen-bond donors (Lipinski definition) is 3. The number of aromatic nitrogens is 3. The van der Waals surface area contributed by atoms with Gasteiger partial charge in [-0.3, -0.25) is 14.6 Å². The van der Waals surface area contributed by atoms with Crippen molar-refractivity contribution in [2.24, 2.45) is 5.73 Å². The van der Waals surface area contributed by atoms with Gasteiger partial charge in [-0.2, -0.15) is 0 Å². The fourth-order valence-corrected chi connectivity index (χ4v) is 3.19. The maximum Gasteiger partial charge on any atom is 0.259 e. The second-order valence-electron chi connectivity index (χ2n) is 6.61. The molecule has 8 heteroatoms. The molecule has 142 valence electrons. The van der Waals surface area contributed by atoms with E-state index >= 15 is 0 Å². The summed E-state index contributed by atoms with van der Waals surface area (Å²) in [6.45, 7) is 2.11. The van der Waals surface area contributed by atoms with Crippen LogP contribution in [-0.2, 0) is 11.3 Å². The Hall–Kier alpha value is -3.00. The summed E-state index contributed by atoms with van der Waals surface area (Å²) in [6.07, 6.45) is 4.69. The maximum atomic E-state index is 12.9. The molecule has 0 radical (unpaired) electrons. The number of H-pyrrole nitrogens is 1. The smallest absolute Gasteiger partial charge is 0.259 e. The van der Waals surface area contributed by atoms with E-state index in [0.717, 1.165) is 31.6 Å². The van der Waals surface area contributed by atoms with Crippen LogP contribution in [0.5, 0.6) is 0 Å².